The van der Waals surface area contributed by atoms with E-state index in [9.17, 15) is 0 Å². The van der Waals surface area contributed by atoms with Crippen LogP contribution in [0.15, 0.2) is 18.2 Å². The van der Waals surface area contributed by atoms with Crippen molar-refractivity contribution in [3.05, 3.63) is 34.9 Å². The van der Waals surface area contributed by atoms with Crippen molar-refractivity contribution < 1.29 is 0 Å². The highest BCUT2D eigenvalue weighted by Gasteiger charge is 2.24. The SMILES string of the molecule is CCNCC(c1ccc(C)c(C)c1)C1CCCCC1. The van der Waals surface area contributed by atoms with E-state index in [1.54, 1.807) is 5.56 Å². The van der Waals surface area contributed by atoms with Gasteiger partial charge in [-0.05, 0) is 61.8 Å². The number of rotatable bonds is 5. The van der Waals surface area contributed by atoms with E-state index in [-0.39, 0.29) is 0 Å². The Bertz CT molecular complexity index is 391. The van der Waals surface area contributed by atoms with Gasteiger partial charge in [0.2, 0.25) is 0 Å². The summed E-state index contributed by atoms with van der Waals surface area (Å²) < 4.78 is 0. The van der Waals surface area contributed by atoms with Crippen molar-refractivity contribution in [3.8, 4) is 0 Å². The first kappa shape index (κ1) is 14.6. The highest BCUT2D eigenvalue weighted by atomic mass is 14.8. The predicted octanol–water partition coefficient (Wildman–Crippen LogP) is 4.58. The molecule has 1 saturated carbocycles. The van der Waals surface area contributed by atoms with Gasteiger partial charge in [-0.1, -0.05) is 44.4 Å². The number of nitrogens with one attached hydrogen (secondary N) is 1. The number of aryl methyl sites for hydroxylation is 2. The average molecular weight is 259 g/mol. The van der Waals surface area contributed by atoms with Crippen LogP contribution >= 0.6 is 0 Å². The van der Waals surface area contributed by atoms with E-state index < -0.39 is 0 Å². The van der Waals surface area contributed by atoms with Gasteiger partial charge in [0.25, 0.3) is 0 Å². The van der Waals surface area contributed by atoms with Crippen molar-refractivity contribution in [1.82, 2.24) is 5.32 Å². The third-order valence-electron chi connectivity index (χ3n) is 4.79. The molecular weight excluding hydrogens is 230 g/mol. The molecule has 1 aromatic rings. The zero-order valence-electron chi connectivity index (χ0n) is 12.8. The van der Waals surface area contributed by atoms with Crippen LogP contribution in [-0.4, -0.2) is 13.1 Å². The Morgan fingerprint density at radius 3 is 2.47 bits per heavy atom. The maximum atomic E-state index is 3.58. The van der Waals surface area contributed by atoms with Gasteiger partial charge in [0.1, 0.15) is 0 Å². The van der Waals surface area contributed by atoms with E-state index in [1.807, 2.05) is 0 Å². The van der Waals surface area contributed by atoms with Crippen molar-refractivity contribution in [3.63, 3.8) is 0 Å². The molecule has 1 nitrogen and oxygen atoms in total. The fraction of sp³-hybridized carbons (Fsp3) is 0.667. The summed E-state index contributed by atoms with van der Waals surface area (Å²) in [6.45, 7) is 8.87. The van der Waals surface area contributed by atoms with Crippen molar-refractivity contribution in [2.45, 2.75) is 58.8 Å². The minimum absolute atomic E-state index is 0.708. The minimum Gasteiger partial charge on any atom is -0.316 e. The van der Waals surface area contributed by atoms with Gasteiger partial charge >= 0.3 is 0 Å². The second kappa shape index (κ2) is 7.09. The van der Waals surface area contributed by atoms with Gasteiger partial charge in [0.15, 0.2) is 0 Å². The van der Waals surface area contributed by atoms with E-state index in [4.69, 9.17) is 0 Å². The van der Waals surface area contributed by atoms with Crippen LogP contribution in [0.2, 0.25) is 0 Å². The third kappa shape index (κ3) is 3.82. The van der Waals surface area contributed by atoms with Crippen LogP contribution in [0.5, 0.6) is 0 Å². The van der Waals surface area contributed by atoms with E-state index in [0.717, 1.165) is 19.0 Å². The lowest BCUT2D eigenvalue weighted by Crippen LogP contribution is -2.28. The summed E-state index contributed by atoms with van der Waals surface area (Å²) in [7, 11) is 0. The normalized spacial score (nSPS) is 18.5. The fourth-order valence-corrected chi connectivity index (χ4v) is 3.39. The molecule has 1 fully saturated rings. The molecule has 1 unspecified atom stereocenters. The molecule has 1 heteroatoms. The van der Waals surface area contributed by atoms with Crippen molar-refractivity contribution in [2.75, 3.05) is 13.1 Å². The van der Waals surface area contributed by atoms with Crippen LogP contribution in [0, 0.1) is 19.8 Å². The number of benzene rings is 1. The lowest BCUT2D eigenvalue weighted by atomic mass is 9.76. The second-order valence-corrected chi connectivity index (χ2v) is 6.16. The quantitative estimate of drug-likeness (QED) is 0.816. The highest BCUT2D eigenvalue weighted by molar-refractivity contribution is 5.32. The Morgan fingerprint density at radius 1 is 1.11 bits per heavy atom. The molecule has 2 rings (SSSR count). The molecule has 0 saturated heterocycles. The molecule has 0 amide bonds. The number of hydrogen-bond donors (Lipinski definition) is 1. The van der Waals surface area contributed by atoms with Crippen LogP contribution in [0.3, 0.4) is 0 Å². The van der Waals surface area contributed by atoms with Crippen LogP contribution in [0.1, 0.15) is 61.6 Å². The Morgan fingerprint density at radius 2 is 1.84 bits per heavy atom. The lowest BCUT2D eigenvalue weighted by molar-refractivity contribution is 0.298. The molecule has 1 aromatic carbocycles. The molecule has 0 radical (unpaired) electrons. The maximum Gasteiger partial charge on any atom is 0.00227 e. The lowest BCUT2D eigenvalue weighted by Gasteiger charge is -2.31. The number of likely N-dealkylation sites (N-methyl/N-ethyl adjacent to an activating group) is 1. The van der Waals surface area contributed by atoms with Gasteiger partial charge in [-0.15, -0.1) is 0 Å². The van der Waals surface area contributed by atoms with Crippen molar-refractivity contribution >= 4 is 0 Å². The van der Waals surface area contributed by atoms with E-state index >= 15 is 0 Å². The maximum absolute atomic E-state index is 3.58. The van der Waals surface area contributed by atoms with Gasteiger partial charge in [-0.25, -0.2) is 0 Å². The summed E-state index contributed by atoms with van der Waals surface area (Å²) in [5, 5.41) is 3.58. The summed E-state index contributed by atoms with van der Waals surface area (Å²) in [4.78, 5) is 0. The predicted molar refractivity (Wildman–Crippen MR) is 83.8 cm³/mol. The molecule has 19 heavy (non-hydrogen) atoms. The van der Waals surface area contributed by atoms with Crippen LogP contribution < -0.4 is 5.32 Å². The van der Waals surface area contributed by atoms with Crippen LogP contribution in [0.25, 0.3) is 0 Å². The standard InChI is InChI=1S/C18H29N/c1-4-19-13-18(16-8-6-5-7-9-16)17-11-10-14(2)15(3)12-17/h10-12,16,18-19H,4-9,13H2,1-3H3. The molecule has 0 aliphatic heterocycles. The molecule has 1 aliphatic rings. The van der Waals surface area contributed by atoms with Crippen LogP contribution in [-0.2, 0) is 0 Å². The monoisotopic (exact) mass is 259 g/mol. The van der Waals surface area contributed by atoms with Gasteiger partial charge in [0, 0.05) is 6.54 Å². The molecule has 1 aliphatic carbocycles. The molecule has 0 heterocycles. The third-order valence-corrected chi connectivity index (χ3v) is 4.79. The number of hydrogen-bond acceptors (Lipinski definition) is 1. The van der Waals surface area contributed by atoms with Crippen molar-refractivity contribution in [1.29, 1.82) is 0 Å². The molecule has 0 bridgehead atoms. The Hall–Kier alpha value is -0.820. The average Bonchev–Trinajstić information content (AvgIpc) is 2.44. The first-order valence-corrected chi connectivity index (χ1v) is 8.00. The minimum atomic E-state index is 0.708. The first-order valence-electron chi connectivity index (χ1n) is 8.00. The van der Waals surface area contributed by atoms with E-state index in [0.29, 0.717) is 5.92 Å². The van der Waals surface area contributed by atoms with Gasteiger partial charge in [-0.2, -0.15) is 0 Å². The summed E-state index contributed by atoms with van der Waals surface area (Å²) in [5.41, 5.74) is 4.40. The van der Waals surface area contributed by atoms with E-state index in [2.05, 4.69) is 44.3 Å². The largest absolute Gasteiger partial charge is 0.316 e. The zero-order valence-corrected chi connectivity index (χ0v) is 12.8. The van der Waals surface area contributed by atoms with Crippen molar-refractivity contribution in [2.24, 2.45) is 5.92 Å². The van der Waals surface area contributed by atoms with Gasteiger partial charge in [-0.3, -0.25) is 0 Å². The molecule has 0 aromatic heterocycles. The van der Waals surface area contributed by atoms with Gasteiger partial charge in [0.05, 0.1) is 0 Å². The first-order chi connectivity index (χ1) is 9.22. The van der Waals surface area contributed by atoms with Gasteiger partial charge < -0.3 is 5.32 Å². The Balaban J connectivity index is 2.17. The van der Waals surface area contributed by atoms with E-state index in [1.165, 1.54) is 43.2 Å². The molecule has 1 atom stereocenters. The molecular formula is C18H29N. The molecule has 1 N–H and O–H groups in total. The zero-order chi connectivity index (χ0) is 13.7. The highest BCUT2D eigenvalue weighted by Crippen LogP contribution is 2.36. The van der Waals surface area contributed by atoms with Crippen LogP contribution in [0.4, 0.5) is 0 Å². The molecule has 0 spiro atoms. The fourth-order valence-electron chi connectivity index (χ4n) is 3.39. The summed E-state index contributed by atoms with van der Waals surface area (Å²) in [6, 6.07) is 7.08. The summed E-state index contributed by atoms with van der Waals surface area (Å²) in [6.07, 6.45) is 7.14. The smallest absolute Gasteiger partial charge is 0.00227 e. The topological polar surface area (TPSA) is 12.0 Å². The molecule has 106 valence electrons. The Kier molecular flexibility index (Phi) is 5.45. The summed E-state index contributed by atoms with van der Waals surface area (Å²) >= 11 is 0. The summed E-state index contributed by atoms with van der Waals surface area (Å²) in [5.74, 6) is 1.59. The second-order valence-electron chi connectivity index (χ2n) is 6.16. The Labute approximate surface area is 118 Å².